The summed E-state index contributed by atoms with van der Waals surface area (Å²) in [5.74, 6) is -1.25. The molecular formula is C31H38N4O5. The average molecular weight is 547 g/mol. The summed E-state index contributed by atoms with van der Waals surface area (Å²) in [6, 6.07) is 13.2. The number of aromatic carboxylic acids is 1. The standard InChI is InChI=1S/C31H38N4O5/c36-27(21-10-5-6-11-21)19-34-26-17-8-7-16-25(26)29(22-12-3-1-2-4-13-22)33-35(31(34)40)20-28(37)32-24-15-9-14-23(18-24)30(38)39/h7-9,14-18,21-22,29,33H,1-6,10-13,19-20H2,(H,32,37)(H,38,39). The van der Waals surface area contributed by atoms with E-state index in [4.69, 9.17) is 0 Å². The van der Waals surface area contributed by atoms with Crippen molar-refractivity contribution in [2.75, 3.05) is 23.3 Å². The van der Waals surface area contributed by atoms with Crippen molar-refractivity contribution in [3.63, 3.8) is 0 Å². The first-order valence-electron chi connectivity index (χ1n) is 14.5. The molecule has 0 saturated heterocycles. The third-order valence-electron chi connectivity index (χ3n) is 8.51. The SMILES string of the molecule is O=C(CN1NC(C2CCCCCC2)c2ccccc2N(CC(=O)C2CCCC2)C1=O)Nc1cccc(C(=O)O)c1. The summed E-state index contributed by atoms with van der Waals surface area (Å²) in [5, 5.41) is 13.4. The Kier molecular flexibility index (Phi) is 8.79. The predicted octanol–water partition coefficient (Wildman–Crippen LogP) is 5.54. The number of benzene rings is 2. The molecule has 2 aromatic carbocycles. The van der Waals surface area contributed by atoms with Gasteiger partial charge in [0.1, 0.15) is 6.54 Å². The normalized spacial score (nSPS) is 20.5. The molecule has 0 spiro atoms. The number of nitrogens with zero attached hydrogens (tertiary/aromatic N) is 2. The fourth-order valence-corrected chi connectivity index (χ4v) is 6.41. The predicted molar refractivity (Wildman–Crippen MR) is 152 cm³/mol. The van der Waals surface area contributed by atoms with E-state index in [1.54, 1.807) is 12.1 Å². The van der Waals surface area contributed by atoms with Crippen LogP contribution in [0.25, 0.3) is 0 Å². The van der Waals surface area contributed by atoms with Crippen molar-refractivity contribution in [2.45, 2.75) is 70.3 Å². The minimum Gasteiger partial charge on any atom is -0.478 e. The van der Waals surface area contributed by atoms with Crippen molar-refractivity contribution in [1.82, 2.24) is 10.4 Å². The van der Waals surface area contributed by atoms with Crippen molar-refractivity contribution in [3.8, 4) is 0 Å². The smallest absolute Gasteiger partial charge is 0.339 e. The summed E-state index contributed by atoms with van der Waals surface area (Å²) in [6.07, 6.45) is 10.4. The summed E-state index contributed by atoms with van der Waals surface area (Å²) < 4.78 is 0. The van der Waals surface area contributed by atoms with Crippen LogP contribution >= 0.6 is 0 Å². The van der Waals surface area contributed by atoms with Crippen LogP contribution in [0.5, 0.6) is 0 Å². The molecule has 1 unspecified atom stereocenters. The molecule has 2 aromatic rings. The molecule has 3 N–H and O–H groups in total. The zero-order valence-corrected chi connectivity index (χ0v) is 22.8. The number of hydrazine groups is 1. The second-order valence-electron chi connectivity index (χ2n) is 11.3. The number of carboxylic acids is 1. The van der Waals surface area contributed by atoms with E-state index in [-0.39, 0.29) is 42.3 Å². The number of hydrogen-bond acceptors (Lipinski definition) is 5. The van der Waals surface area contributed by atoms with Crippen molar-refractivity contribution in [2.24, 2.45) is 11.8 Å². The van der Waals surface area contributed by atoms with Crippen LogP contribution < -0.4 is 15.6 Å². The number of carboxylic acid groups (broad SMARTS) is 1. The molecule has 2 fully saturated rings. The second-order valence-corrected chi connectivity index (χ2v) is 11.3. The van der Waals surface area contributed by atoms with Gasteiger partial charge in [-0.15, -0.1) is 0 Å². The molecule has 5 rings (SSSR count). The highest BCUT2D eigenvalue weighted by Crippen LogP contribution is 2.40. The van der Waals surface area contributed by atoms with Gasteiger partial charge >= 0.3 is 12.0 Å². The first-order chi connectivity index (χ1) is 19.4. The summed E-state index contributed by atoms with van der Waals surface area (Å²) >= 11 is 0. The Hall–Kier alpha value is -3.72. The second kappa shape index (κ2) is 12.6. The molecule has 1 atom stereocenters. The third-order valence-corrected chi connectivity index (χ3v) is 8.51. The fourth-order valence-electron chi connectivity index (χ4n) is 6.41. The van der Waals surface area contributed by atoms with Crippen LogP contribution in [0.15, 0.2) is 48.5 Å². The number of fused-ring (bicyclic) bond motifs is 1. The number of anilines is 2. The van der Waals surface area contributed by atoms with Crippen LogP contribution in [-0.4, -0.2) is 46.9 Å². The molecule has 9 heteroatoms. The van der Waals surface area contributed by atoms with Gasteiger partial charge in [0.25, 0.3) is 0 Å². The Bertz CT molecular complexity index is 1250. The molecule has 9 nitrogen and oxygen atoms in total. The number of carbonyl (C=O) groups is 4. The van der Waals surface area contributed by atoms with Gasteiger partial charge in [-0.2, -0.15) is 0 Å². The lowest BCUT2D eigenvalue weighted by Gasteiger charge is -2.31. The van der Waals surface area contributed by atoms with Gasteiger partial charge in [-0.1, -0.05) is 62.8 Å². The zero-order valence-electron chi connectivity index (χ0n) is 22.8. The van der Waals surface area contributed by atoms with E-state index in [9.17, 15) is 24.3 Å². The number of amides is 3. The molecule has 1 heterocycles. The maximum absolute atomic E-state index is 14.1. The molecule has 0 radical (unpaired) electrons. The average Bonchev–Trinajstić information content (AvgIpc) is 3.33. The van der Waals surface area contributed by atoms with Crippen LogP contribution in [0.1, 0.15) is 86.2 Å². The Labute approximate surface area is 234 Å². The quantitative estimate of drug-likeness (QED) is 0.374. The largest absolute Gasteiger partial charge is 0.478 e. The van der Waals surface area contributed by atoms with Crippen LogP contribution in [0, 0.1) is 11.8 Å². The fraction of sp³-hybridized carbons (Fsp3) is 0.484. The maximum atomic E-state index is 14.1. The molecule has 0 aromatic heterocycles. The van der Waals surface area contributed by atoms with Gasteiger partial charge in [0, 0.05) is 11.6 Å². The van der Waals surface area contributed by atoms with E-state index < -0.39 is 17.9 Å². The number of urea groups is 1. The van der Waals surface area contributed by atoms with Crippen LogP contribution in [0.4, 0.5) is 16.2 Å². The number of Topliss-reactive ketones (excluding diaryl/α,β-unsaturated/α-hetero) is 1. The number of nitrogens with one attached hydrogen (secondary N) is 2. The first-order valence-corrected chi connectivity index (χ1v) is 14.5. The van der Waals surface area contributed by atoms with Gasteiger partial charge in [-0.3, -0.25) is 14.5 Å². The topological polar surface area (TPSA) is 119 Å². The van der Waals surface area contributed by atoms with E-state index in [0.717, 1.165) is 62.6 Å². The third kappa shape index (κ3) is 6.36. The molecule has 1 aliphatic heterocycles. The van der Waals surface area contributed by atoms with Gasteiger partial charge in [0.2, 0.25) is 5.91 Å². The summed E-state index contributed by atoms with van der Waals surface area (Å²) in [6.45, 7) is -0.320. The summed E-state index contributed by atoms with van der Waals surface area (Å²) in [4.78, 5) is 53.5. The van der Waals surface area contributed by atoms with Crippen molar-refractivity contribution in [3.05, 3.63) is 59.7 Å². The van der Waals surface area contributed by atoms with Crippen molar-refractivity contribution in [1.29, 1.82) is 0 Å². The summed E-state index contributed by atoms with van der Waals surface area (Å²) in [5.41, 5.74) is 5.50. The van der Waals surface area contributed by atoms with Crippen molar-refractivity contribution >= 4 is 35.1 Å². The summed E-state index contributed by atoms with van der Waals surface area (Å²) in [7, 11) is 0. The molecular weight excluding hydrogens is 508 g/mol. The maximum Gasteiger partial charge on any atom is 0.339 e. The number of carbonyl (C=O) groups excluding carboxylic acids is 3. The number of rotatable bonds is 8. The van der Waals surface area contributed by atoms with Gasteiger partial charge in [0.15, 0.2) is 5.78 Å². The molecule has 3 amide bonds. The Morgan fingerprint density at radius 2 is 1.57 bits per heavy atom. The van der Waals surface area contributed by atoms with Gasteiger partial charge in [-0.25, -0.2) is 20.0 Å². The highest BCUT2D eigenvalue weighted by Gasteiger charge is 2.38. The first kappa shape index (κ1) is 27.8. The van der Waals surface area contributed by atoms with Gasteiger partial charge in [-0.05, 0) is 61.4 Å². The zero-order chi connectivity index (χ0) is 28.1. The molecule has 0 bridgehead atoms. The highest BCUT2D eigenvalue weighted by atomic mass is 16.4. The Balaban J connectivity index is 1.44. The van der Waals surface area contributed by atoms with Crippen molar-refractivity contribution < 1.29 is 24.3 Å². The van der Waals surface area contributed by atoms with Crippen LogP contribution in [0.2, 0.25) is 0 Å². The number of ketones is 1. The minimum atomic E-state index is -1.09. The molecule has 2 aliphatic carbocycles. The molecule has 3 aliphatic rings. The van der Waals surface area contributed by atoms with E-state index in [2.05, 4.69) is 10.7 Å². The number of para-hydroxylation sites is 1. The molecule has 212 valence electrons. The minimum absolute atomic E-state index is 0.0294. The van der Waals surface area contributed by atoms with E-state index in [1.165, 1.54) is 34.9 Å². The lowest BCUT2D eigenvalue weighted by Crippen LogP contribution is -2.53. The highest BCUT2D eigenvalue weighted by molar-refractivity contribution is 6.02. The van der Waals surface area contributed by atoms with E-state index >= 15 is 0 Å². The lowest BCUT2D eigenvalue weighted by atomic mass is 9.86. The molecule has 40 heavy (non-hydrogen) atoms. The lowest BCUT2D eigenvalue weighted by molar-refractivity contribution is -0.121. The Morgan fingerprint density at radius 3 is 2.30 bits per heavy atom. The van der Waals surface area contributed by atoms with Gasteiger partial charge in [0.05, 0.1) is 23.8 Å². The van der Waals surface area contributed by atoms with E-state index in [1.807, 2.05) is 24.3 Å². The van der Waals surface area contributed by atoms with E-state index in [0.29, 0.717) is 5.69 Å². The number of hydrogen-bond donors (Lipinski definition) is 3. The van der Waals surface area contributed by atoms with Gasteiger partial charge < -0.3 is 10.4 Å². The monoisotopic (exact) mass is 546 g/mol. The molecule has 2 saturated carbocycles. The Morgan fingerprint density at radius 1 is 0.875 bits per heavy atom. The van der Waals surface area contributed by atoms with Crippen LogP contribution in [-0.2, 0) is 9.59 Å². The van der Waals surface area contributed by atoms with Crippen LogP contribution in [0.3, 0.4) is 0 Å².